The number of nitrogens with one attached hydrogen (secondary N) is 1. The molecule has 1 aromatic rings. The third-order valence-electron chi connectivity index (χ3n) is 6.40. The third kappa shape index (κ3) is 3.55. The van der Waals surface area contributed by atoms with Crippen LogP contribution in [-0.2, 0) is 14.8 Å². The first-order valence-corrected chi connectivity index (χ1v) is 11.9. The van der Waals surface area contributed by atoms with Gasteiger partial charge in [0.2, 0.25) is 5.91 Å². The second-order valence-electron chi connectivity index (χ2n) is 8.51. The summed E-state index contributed by atoms with van der Waals surface area (Å²) in [6.45, 7) is 0.526. The van der Waals surface area contributed by atoms with Crippen molar-refractivity contribution < 1.29 is 13.2 Å². The van der Waals surface area contributed by atoms with Crippen LogP contribution in [0.4, 0.5) is 0 Å². The Bertz CT molecular complexity index is 770. The van der Waals surface area contributed by atoms with Crippen LogP contribution in [-0.4, -0.2) is 38.8 Å². The number of halogens is 1. The standard InChI is InChI=1S/C18H25ClN2O3S2/c1-21(26(23,24)17-3-2-15(19)25-17)10-16(22)20-11-18-7-12-4-13(8-18)6-14(5-12)9-18/h2-3,12-14H,4-11H2,1H3,(H,20,22). The van der Waals surface area contributed by atoms with Crippen LogP contribution in [0.15, 0.2) is 16.3 Å². The number of rotatable bonds is 6. The molecule has 4 fully saturated rings. The molecule has 4 aliphatic carbocycles. The zero-order valence-corrected chi connectivity index (χ0v) is 17.3. The summed E-state index contributed by atoms with van der Waals surface area (Å²) in [7, 11) is -2.23. The summed E-state index contributed by atoms with van der Waals surface area (Å²) >= 11 is 6.84. The maximum atomic E-state index is 12.5. The number of carbonyl (C=O) groups excluding carboxylic acids is 1. The maximum absolute atomic E-state index is 12.5. The molecular formula is C18H25ClN2O3S2. The minimum Gasteiger partial charge on any atom is -0.354 e. The molecule has 4 bridgehead atoms. The van der Waals surface area contributed by atoms with Crippen molar-refractivity contribution in [3.63, 3.8) is 0 Å². The Morgan fingerprint density at radius 1 is 1.23 bits per heavy atom. The molecule has 0 aromatic carbocycles. The van der Waals surface area contributed by atoms with Gasteiger partial charge in [-0.05, 0) is 73.8 Å². The molecule has 4 saturated carbocycles. The van der Waals surface area contributed by atoms with Crippen LogP contribution in [0.1, 0.15) is 38.5 Å². The molecule has 1 aromatic heterocycles. The quantitative estimate of drug-likeness (QED) is 0.773. The molecule has 8 heteroatoms. The Labute approximate surface area is 164 Å². The van der Waals surface area contributed by atoms with E-state index < -0.39 is 10.0 Å². The molecule has 0 radical (unpaired) electrons. The van der Waals surface area contributed by atoms with Crippen molar-refractivity contribution in [2.24, 2.45) is 23.2 Å². The summed E-state index contributed by atoms with van der Waals surface area (Å²) in [6, 6.07) is 3.03. The highest BCUT2D eigenvalue weighted by molar-refractivity contribution is 7.91. The number of hydrogen-bond donors (Lipinski definition) is 1. The van der Waals surface area contributed by atoms with Gasteiger partial charge in [0.25, 0.3) is 10.0 Å². The SMILES string of the molecule is CN(CC(=O)NCC12CC3CC(CC(C3)C1)C2)S(=O)(=O)c1ccc(Cl)s1. The Morgan fingerprint density at radius 2 is 1.81 bits per heavy atom. The molecule has 5 nitrogen and oxygen atoms in total. The van der Waals surface area contributed by atoms with Gasteiger partial charge in [0.05, 0.1) is 10.9 Å². The lowest BCUT2D eigenvalue weighted by atomic mass is 9.49. The Morgan fingerprint density at radius 3 is 2.31 bits per heavy atom. The summed E-state index contributed by atoms with van der Waals surface area (Å²) in [5.41, 5.74) is 0.253. The maximum Gasteiger partial charge on any atom is 0.252 e. The van der Waals surface area contributed by atoms with Gasteiger partial charge >= 0.3 is 0 Å². The van der Waals surface area contributed by atoms with Crippen molar-refractivity contribution in [2.45, 2.75) is 42.7 Å². The van der Waals surface area contributed by atoms with E-state index in [1.165, 1.54) is 51.6 Å². The summed E-state index contributed by atoms with van der Waals surface area (Å²) in [5.74, 6) is 2.29. The van der Waals surface area contributed by atoms with Gasteiger partial charge in [-0.1, -0.05) is 11.6 Å². The number of likely N-dealkylation sites (N-methyl/N-ethyl adjacent to an activating group) is 1. The average molecular weight is 417 g/mol. The van der Waals surface area contributed by atoms with Crippen LogP contribution in [0, 0.1) is 23.2 Å². The van der Waals surface area contributed by atoms with E-state index in [-0.39, 0.29) is 22.1 Å². The number of hydrogen-bond acceptors (Lipinski definition) is 4. The highest BCUT2D eigenvalue weighted by Gasteiger charge is 2.50. The lowest BCUT2D eigenvalue weighted by molar-refractivity contribution is -0.123. The molecule has 4 aliphatic rings. The number of amides is 1. The molecule has 0 saturated heterocycles. The monoisotopic (exact) mass is 416 g/mol. The predicted octanol–water partition coefficient (Wildman–Crippen LogP) is 3.35. The van der Waals surface area contributed by atoms with Crippen molar-refractivity contribution in [1.82, 2.24) is 9.62 Å². The van der Waals surface area contributed by atoms with Gasteiger partial charge in [-0.15, -0.1) is 11.3 Å². The van der Waals surface area contributed by atoms with E-state index in [9.17, 15) is 13.2 Å². The molecule has 1 N–H and O–H groups in total. The lowest BCUT2D eigenvalue weighted by Crippen LogP contribution is -2.52. The van der Waals surface area contributed by atoms with Crippen LogP contribution in [0.2, 0.25) is 4.34 Å². The van der Waals surface area contributed by atoms with Crippen LogP contribution in [0.3, 0.4) is 0 Å². The molecular weight excluding hydrogens is 392 g/mol. The number of carbonyl (C=O) groups is 1. The highest BCUT2D eigenvalue weighted by atomic mass is 35.5. The number of sulfonamides is 1. The Balaban J connectivity index is 1.34. The van der Waals surface area contributed by atoms with Gasteiger partial charge in [0.15, 0.2) is 0 Å². The minimum atomic E-state index is -3.67. The van der Waals surface area contributed by atoms with E-state index in [1.54, 1.807) is 6.07 Å². The van der Waals surface area contributed by atoms with Crippen molar-refractivity contribution >= 4 is 38.9 Å². The van der Waals surface area contributed by atoms with Gasteiger partial charge in [-0.25, -0.2) is 8.42 Å². The normalized spacial score (nSPS) is 33.0. The molecule has 1 amide bonds. The predicted molar refractivity (Wildman–Crippen MR) is 103 cm³/mol. The molecule has 0 unspecified atom stereocenters. The van der Waals surface area contributed by atoms with E-state index in [4.69, 9.17) is 11.6 Å². The Hall–Kier alpha value is -0.630. The summed E-state index contributed by atoms with van der Waals surface area (Å²) < 4.78 is 26.7. The van der Waals surface area contributed by atoms with Crippen molar-refractivity contribution in [3.8, 4) is 0 Å². The van der Waals surface area contributed by atoms with Gasteiger partial charge in [-0.3, -0.25) is 4.79 Å². The van der Waals surface area contributed by atoms with Crippen molar-refractivity contribution in [1.29, 1.82) is 0 Å². The summed E-state index contributed by atoms with van der Waals surface area (Å²) in [6.07, 6.45) is 7.79. The number of nitrogens with zero attached hydrogens (tertiary/aromatic N) is 1. The molecule has 26 heavy (non-hydrogen) atoms. The summed E-state index contributed by atoms with van der Waals surface area (Å²) in [4.78, 5) is 12.4. The van der Waals surface area contributed by atoms with E-state index in [0.29, 0.717) is 10.9 Å². The summed E-state index contributed by atoms with van der Waals surface area (Å²) in [5, 5.41) is 3.03. The second kappa shape index (κ2) is 6.76. The largest absolute Gasteiger partial charge is 0.354 e. The van der Waals surface area contributed by atoms with Crippen molar-refractivity contribution in [3.05, 3.63) is 16.5 Å². The lowest BCUT2D eigenvalue weighted by Gasteiger charge is -2.56. The molecule has 0 aliphatic heterocycles. The smallest absolute Gasteiger partial charge is 0.252 e. The molecule has 144 valence electrons. The molecule has 0 spiro atoms. The first-order chi connectivity index (χ1) is 12.3. The second-order valence-corrected chi connectivity index (χ2v) is 12.5. The fraction of sp³-hybridized carbons (Fsp3) is 0.722. The highest BCUT2D eigenvalue weighted by Crippen LogP contribution is 2.59. The van der Waals surface area contributed by atoms with Crippen LogP contribution in [0.25, 0.3) is 0 Å². The minimum absolute atomic E-state index is 0.162. The zero-order chi connectivity index (χ0) is 18.5. The first-order valence-electron chi connectivity index (χ1n) is 9.24. The fourth-order valence-corrected chi connectivity index (χ4v) is 8.55. The van der Waals surface area contributed by atoms with Gasteiger partial charge in [0, 0.05) is 13.6 Å². The van der Waals surface area contributed by atoms with E-state index >= 15 is 0 Å². The van der Waals surface area contributed by atoms with Gasteiger partial charge in [0.1, 0.15) is 4.21 Å². The number of thiophene rings is 1. The van der Waals surface area contributed by atoms with E-state index in [1.807, 2.05) is 0 Å². The van der Waals surface area contributed by atoms with Crippen LogP contribution in [0.5, 0.6) is 0 Å². The first kappa shape index (κ1) is 18.7. The molecule has 5 rings (SSSR count). The third-order valence-corrected chi connectivity index (χ3v) is 9.91. The molecule has 0 atom stereocenters. The van der Waals surface area contributed by atoms with Gasteiger partial charge < -0.3 is 5.32 Å². The van der Waals surface area contributed by atoms with Crippen molar-refractivity contribution in [2.75, 3.05) is 20.1 Å². The van der Waals surface area contributed by atoms with E-state index in [0.717, 1.165) is 33.4 Å². The zero-order valence-electron chi connectivity index (χ0n) is 14.9. The van der Waals surface area contributed by atoms with Crippen LogP contribution < -0.4 is 5.32 Å². The Kier molecular flexibility index (Phi) is 4.87. The fourth-order valence-electron chi connectivity index (χ4n) is 5.73. The van der Waals surface area contributed by atoms with Crippen LogP contribution >= 0.6 is 22.9 Å². The van der Waals surface area contributed by atoms with E-state index in [2.05, 4.69) is 5.32 Å². The average Bonchev–Trinajstić information content (AvgIpc) is 2.99. The van der Waals surface area contributed by atoms with Gasteiger partial charge in [-0.2, -0.15) is 4.31 Å². The topological polar surface area (TPSA) is 66.5 Å². The molecule has 1 heterocycles.